The van der Waals surface area contributed by atoms with Crippen molar-refractivity contribution in [3.8, 4) is 5.75 Å². The number of alkyl halides is 3. The van der Waals surface area contributed by atoms with Gasteiger partial charge in [0, 0.05) is 18.5 Å². The molecule has 0 atom stereocenters. The Morgan fingerprint density at radius 1 is 1.19 bits per heavy atom. The highest BCUT2D eigenvalue weighted by Gasteiger charge is 2.26. The molecule has 0 aromatic heterocycles. The molecular formula is C11H14F3NO. The highest BCUT2D eigenvalue weighted by Crippen LogP contribution is 2.22. The van der Waals surface area contributed by atoms with Crippen molar-refractivity contribution in [3.63, 3.8) is 0 Å². The molecule has 1 aromatic rings. The van der Waals surface area contributed by atoms with Crippen LogP contribution in [0, 0.1) is 0 Å². The van der Waals surface area contributed by atoms with Crippen LogP contribution in [-0.2, 0) is 6.54 Å². The first-order valence-corrected chi connectivity index (χ1v) is 5.00. The average molecular weight is 233 g/mol. The second-order valence-electron chi connectivity index (χ2n) is 3.38. The lowest BCUT2D eigenvalue weighted by molar-refractivity contribution is -0.136. The lowest BCUT2D eigenvalue weighted by Gasteiger charge is -2.10. The lowest BCUT2D eigenvalue weighted by Crippen LogP contribution is -2.10. The number of benzene rings is 1. The van der Waals surface area contributed by atoms with E-state index in [4.69, 9.17) is 10.5 Å². The highest BCUT2D eigenvalue weighted by atomic mass is 19.4. The van der Waals surface area contributed by atoms with E-state index in [0.29, 0.717) is 12.3 Å². The summed E-state index contributed by atoms with van der Waals surface area (Å²) in [6, 6.07) is 7.07. The molecule has 0 heterocycles. The third-order valence-corrected chi connectivity index (χ3v) is 2.05. The van der Waals surface area contributed by atoms with E-state index >= 15 is 0 Å². The summed E-state index contributed by atoms with van der Waals surface area (Å²) in [5.74, 6) is 0.562. The van der Waals surface area contributed by atoms with Crippen molar-refractivity contribution in [3.05, 3.63) is 29.8 Å². The Kier molecular flexibility index (Phi) is 4.61. The van der Waals surface area contributed by atoms with Gasteiger partial charge >= 0.3 is 6.18 Å². The summed E-state index contributed by atoms with van der Waals surface area (Å²) in [5, 5.41) is 0. The van der Waals surface area contributed by atoms with Crippen LogP contribution in [-0.4, -0.2) is 12.8 Å². The van der Waals surface area contributed by atoms with Gasteiger partial charge in [-0.2, -0.15) is 13.2 Å². The molecule has 0 radical (unpaired) electrons. The zero-order valence-corrected chi connectivity index (χ0v) is 8.76. The van der Waals surface area contributed by atoms with Crippen LogP contribution in [0.2, 0.25) is 0 Å². The zero-order chi connectivity index (χ0) is 12.0. The van der Waals surface area contributed by atoms with E-state index in [9.17, 15) is 13.2 Å². The minimum atomic E-state index is -4.11. The topological polar surface area (TPSA) is 35.2 Å². The summed E-state index contributed by atoms with van der Waals surface area (Å²) >= 11 is 0. The van der Waals surface area contributed by atoms with E-state index in [1.807, 2.05) is 6.07 Å². The first-order chi connectivity index (χ1) is 7.53. The first-order valence-electron chi connectivity index (χ1n) is 5.00. The fourth-order valence-electron chi connectivity index (χ4n) is 1.27. The van der Waals surface area contributed by atoms with Crippen molar-refractivity contribution in [2.75, 3.05) is 6.61 Å². The van der Waals surface area contributed by atoms with Crippen molar-refractivity contribution in [2.45, 2.75) is 25.6 Å². The van der Waals surface area contributed by atoms with E-state index in [0.717, 1.165) is 5.56 Å². The average Bonchev–Trinajstić information content (AvgIpc) is 2.23. The molecule has 0 spiro atoms. The minimum absolute atomic E-state index is 0.0393. The Labute approximate surface area is 92.2 Å². The number of ether oxygens (including phenoxy) is 1. The molecule has 0 bridgehead atoms. The monoisotopic (exact) mass is 233 g/mol. The summed E-state index contributed by atoms with van der Waals surface area (Å²) in [4.78, 5) is 0. The second-order valence-corrected chi connectivity index (χ2v) is 3.38. The largest absolute Gasteiger partial charge is 0.493 e. The van der Waals surface area contributed by atoms with Crippen LogP contribution >= 0.6 is 0 Å². The molecule has 2 nitrogen and oxygen atoms in total. The lowest BCUT2D eigenvalue weighted by atomic mass is 10.2. The Hall–Kier alpha value is -1.23. The van der Waals surface area contributed by atoms with E-state index in [2.05, 4.69) is 0 Å². The molecule has 0 fully saturated rings. The van der Waals surface area contributed by atoms with Gasteiger partial charge < -0.3 is 10.5 Å². The molecule has 0 aliphatic heterocycles. The van der Waals surface area contributed by atoms with Crippen LogP contribution in [0.4, 0.5) is 13.2 Å². The van der Waals surface area contributed by atoms with Gasteiger partial charge in [-0.1, -0.05) is 18.2 Å². The van der Waals surface area contributed by atoms with Gasteiger partial charge in [0.2, 0.25) is 0 Å². The fourth-order valence-corrected chi connectivity index (χ4v) is 1.27. The molecule has 90 valence electrons. The number of hydrogen-bond acceptors (Lipinski definition) is 2. The summed E-state index contributed by atoms with van der Waals surface area (Å²) in [5.41, 5.74) is 6.26. The van der Waals surface area contributed by atoms with Crippen LogP contribution in [0.3, 0.4) is 0 Å². The maximum atomic E-state index is 11.9. The molecule has 2 N–H and O–H groups in total. The Balaban J connectivity index is 2.37. The van der Waals surface area contributed by atoms with Gasteiger partial charge in [-0.3, -0.25) is 0 Å². The van der Waals surface area contributed by atoms with E-state index in [1.165, 1.54) is 0 Å². The van der Waals surface area contributed by atoms with Crippen LogP contribution < -0.4 is 10.5 Å². The van der Waals surface area contributed by atoms with Gasteiger partial charge in [-0.15, -0.1) is 0 Å². The maximum absolute atomic E-state index is 11.9. The number of rotatable bonds is 5. The highest BCUT2D eigenvalue weighted by molar-refractivity contribution is 5.32. The molecule has 0 aliphatic rings. The number of hydrogen-bond donors (Lipinski definition) is 1. The Morgan fingerprint density at radius 3 is 2.50 bits per heavy atom. The summed E-state index contributed by atoms with van der Waals surface area (Å²) in [7, 11) is 0. The standard InChI is InChI=1S/C11H14F3NO/c12-11(13,14)6-3-7-16-10-5-2-1-4-9(10)8-15/h1-2,4-5H,3,6-8,15H2. The predicted molar refractivity (Wildman–Crippen MR) is 55.1 cm³/mol. The predicted octanol–water partition coefficient (Wildman–Crippen LogP) is 2.87. The molecule has 0 saturated heterocycles. The van der Waals surface area contributed by atoms with E-state index in [1.54, 1.807) is 18.2 Å². The van der Waals surface area contributed by atoms with Gasteiger partial charge in [-0.05, 0) is 12.5 Å². The quantitative estimate of drug-likeness (QED) is 0.794. The van der Waals surface area contributed by atoms with Crippen LogP contribution in [0.15, 0.2) is 24.3 Å². The molecule has 1 aromatic carbocycles. The number of nitrogens with two attached hydrogens (primary N) is 1. The molecular weight excluding hydrogens is 219 g/mol. The van der Waals surface area contributed by atoms with E-state index in [-0.39, 0.29) is 13.0 Å². The fraction of sp³-hybridized carbons (Fsp3) is 0.455. The molecule has 16 heavy (non-hydrogen) atoms. The maximum Gasteiger partial charge on any atom is 0.389 e. The van der Waals surface area contributed by atoms with Crippen molar-refractivity contribution in [1.29, 1.82) is 0 Å². The summed E-state index contributed by atoms with van der Waals surface area (Å²) in [6.07, 6.45) is -4.98. The van der Waals surface area contributed by atoms with E-state index < -0.39 is 12.6 Å². The molecule has 0 amide bonds. The zero-order valence-electron chi connectivity index (χ0n) is 8.76. The van der Waals surface area contributed by atoms with Crippen LogP contribution in [0.25, 0.3) is 0 Å². The van der Waals surface area contributed by atoms with Crippen molar-refractivity contribution in [2.24, 2.45) is 5.73 Å². The van der Waals surface area contributed by atoms with Gasteiger partial charge in [0.1, 0.15) is 5.75 Å². The summed E-state index contributed by atoms with van der Waals surface area (Å²) in [6.45, 7) is 0.367. The third-order valence-electron chi connectivity index (χ3n) is 2.05. The summed E-state index contributed by atoms with van der Waals surface area (Å²) < 4.78 is 40.8. The first kappa shape index (κ1) is 12.8. The minimum Gasteiger partial charge on any atom is -0.493 e. The van der Waals surface area contributed by atoms with Crippen molar-refractivity contribution < 1.29 is 17.9 Å². The van der Waals surface area contributed by atoms with Gasteiger partial charge in [0.15, 0.2) is 0 Å². The van der Waals surface area contributed by atoms with Crippen LogP contribution in [0.5, 0.6) is 5.75 Å². The van der Waals surface area contributed by atoms with Crippen molar-refractivity contribution in [1.82, 2.24) is 0 Å². The van der Waals surface area contributed by atoms with Gasteiger partial charge in [0.05, 0.1) is 6.61 Å². The van der Waals surface area contributed by atoms with Gasteiger partial charge in [0.25, 0.3) is 0 Å². The number of halogens is 3. The molecule has 0 aliphatic carbocycles. The Morgan fingerprint density at radius 2 is 1.88 bits per heavy atom. The molecule has 1 rings (SSSR count). The normalized spacial score (nSPS) is 11.5. The second kappa shape index (κ2) is 5.75. The SMILES string of the molecule is NCc1ccccc1OCCCC(F)(F)F. The van der Waals surface area contributed by atoms with Crippen LogP contribution in [0.1, 0.15) is 18.4 Å². The smallest absolute Gasteiger partial charge is 0.389 e. The third kappa shape index (κ3) is 4.53. The molecule has 0 saturated carbocycles. The molecule has 5 heteroatoms. The van der Waals surface area contributed by atoms with Crippen molar-refractivity contribution >= 4 is 0 Å². The molecule has 0 unspecified atom stereocenters. The van der Waals surface area contributed by atoms with Gasteiger partial charge in [-0.25, -0.2) is 0 Å². The number of para-hydroxylation sites is 1. The Bertz CT molecular complexity index is 325.